The largest absolute Gasteiger partial charge is 0.367 e. The molecule has 0 amide bonds. The second-order valence-electron chi connectivity index (χ2n) is 7.08. The monoisotopic (exact) mass is 374 g/mol. The van der Waals surface area contributed by atoms with Crippen LogP contribution in [0, 0.1) is 11.3 Å². The summed E-state index contributed by atoms with van der Waals surface area (Å²) in [4.78, 5) is 23.1. The molecule has 0 radical (unpaired) electrons. The molecule has 0 saturated carbocycles. The molecule has 1 aliphatic heterocycles. The van der Waals surface area contributed by atoms with Gasteiger partial charge in [0.15, 0.2) is 0 Å². The SMILES string of the molecule is N#Cc1ccccc1Cn1c(N2CCC[C@@H](N)C2)ncc(-c2cc[nH]c2)c1=O. The Morgan fingerprint density at radius 2 is 2.18 bits per heavy atom. The van der Waals surface area contributed by atoms with Crippen LogP contribution in [0.3, 0.4) is 0 Å². The van der Waals surface area contributed by atoms with Crippen molar-refractivity contribution in [3.8, 4) is 17.2 Å². The van der Waals surface area contributed by atoms with Gasteiger partial charge in [-0.3, -0.25) is 9.36 Å². The van der Waals surface area contributed by atoms with Crippen molar-refractivity contribution in [2.24, 2.45) is 5.73 Å². The molecular weight excluding hydrogens is 352 g/mol. The van der Waals surface area contributed by atoms with E-state index in [9.17, 15) is 10.1 Å². The van der Waals surface area contributed by atoms with Gasteiger partial charge in [-0.25, -0.2) is 4.98 Å². The van der Waals surface area contributed by atoms with Gasteiger partial charge < -0.3 is 15.6 Å². The standard InChI is InChI=1S/C21H22N6O/c22-10-15-4-1-2-5-17(15)13-27-20(28)19(16-7-8-24-11-16)12-25-21(27)26-9-3-6-18(23)14-26/h1-2,4-5,7-8,11-12,18,24H,3,6,9,13-14,23H2/t18-/m1/s1. The Hall–Kier alpha value is -3.37. The first kappa shape index (κ1) is 18.0. The van der Waals surface area contributed by atoms with Gasteiger partial charge in [0.05, 0.1) is 23.7 Å². The van der Waals surface area contributed by atoms with Crippen LogP contribution in [0.4, 0.5) is 5.95 Å². The van der Waals surface area contributed by atoms with Gasteiger partial charge in [-0.05, 0) is 30.5 Å². The van der Waals surface area contributed by atoms with E-state index in [-0.39, 0.29) is 18.1 Å². The normalized spacial score (nSPS) is 16.7. The molecule has 1 atom stereocenters. The summed E-state index contributed by atoms with van der Waals surface area (Å²) in [6, 6.07) is 11.5. The van der Waals surface area contributed by atoms with Gasteiger partial charge in [-0.15, -0.1) is 0 Å². The van der Waals surface area contributed by atoms with Gasteiger partial charge >= 0.3 is 0 Å². The Labute approximate surface area is 163 Å². The number of benzene rings is 1. The van der Waals surface area contributed by atoms with Gasteiger partial charge in [0.2, 0.25) is 5.95 Å². The third-order valence-corrected chi connectivity index (χ3v) is 5.14. The second kappa shape index (κ2) is 7.71. The molecule has 1 aromatic carbocycles. The molecule has 0 aliphatic carbocycles. The van der Waals surface area contributed by atoms with Crippen molar-refractivity contribution in [1.82, 2.24) is 14.5 Å². The zero-order chi connectivity index (χ0) is 19.5. The summed E-state index contributed by atoms with van der Waals surface area (Å²) in [5.74, 6) is 0.604. The van der Waals surface area contributed by atoms with E-state index >= 15 is 0 Å². The van der Waals surface area contributed by atoms with Crippen LogP contribution in [-0.2, 0) is 6.54 Å². The lowest BCUT2D eigenvalue weighted by Gasteiger charge is -2.33. The molecular formula is C21H22N6O. The topological polar surface area (TPSA) is 104 Å². The maximum absolute atomic E-state index is 13.4. The quantitative estimate of drug-likeness (QED) is 0.728. The maximum Gasteiger partial charge on any atom is 0.263 e. The van der Waals surface area contributed by atoms with E-state index in [0.717, 1.165) is 30.5 Å². The smallest absolute Gasteiger partial charge is 0.263 e. The Kier molecular flexibility index (Phi) is 4.96. The summed E-state index contributed by atoms with van der Waals surface area (Å²) in [5, 5.41) is 9.44. The highest BCUT2D eigenvalue weighted by Crippen LogP contribution is 2.21. The van der Waals surface area contributed by atoms with E-state index in [4.69, 9.17) is 5.73 Å². The minimum absolute atomic E-state index is 0.0647. The summed E-state index contributed by atoms with van der Waals surface area (Å²) >= 11 is 0. The first-order chi connectivity index (χ1) is 13.7. The number of hydrogen-bond acceptors (Lipinski definition) is 5. The molecule has 0 spiro atoms. The molecule has 0 unspecified atom stereocenters. The number of H-pyrrole nitrogens is 1. The number of nitrogens with two attached hydrogens (primary N) is 1. The molecule has 2 aromatic heterocycles. The third kappa shape index (κ3) is 3.42. The number of aromatic amines is 1. The second-order valence-corrected chi connectivity index (χ2v) is 7.08. The number of nitrogens with zero attached hydrogens (tertiary/aromatic N) is 4. The first-order valence-corrected chi connectivity index (χ1v) is 9.39. The fourth-order valence-electron chi connectivity index (χ4n) is 3.70. The van der Waals surface area contributed by atoms with Crippen LogP contribution in [0.25, 0.3) is 11.1 Å². The lowest BCUT2D eigenvalue weighted by atomic mass is 10.1. The Bertz CT molecular complexity index is 1060. The minimum Gasteiger partial charge on any atom is -0.367 e. The Morgan fingerprint density at radius 3 is 2.93 bits per heavy atom. The van der Waals surface area contributed by atoms with Crippen molar-refractivity contribution < 1.29 is 0 Å². The number of nitrogens with one attached hydrogen (secondary N) is 1. The lowest BCUT2D eigenvalue weighted by molar-refractivity contribution is 0.491. The van der Waals surface area contributed by atoms with Crippen LogP contribution in [-0.4, -0.2) is 33.7 Å². The fraction of sp³-hybridized carbons (Fsp3) is 0.286. The first-order valence-electron chi connectivity index (χ1n) is 9.39. The number of hydrogen-bond donors (Lipinski definition) is 2. The Balaban J connectivity index is 1.83. The minimum atomic E-state index is -0.128. The van der Waals surface area contributed by atoms with Crippen LogP contribution < -0.4 is 16.2 Å². The fourth-order valence-corrected chi connectivity index (χ4v) is 3.70. The molecule has 7 heteroatoms. The average molecular weight is 374 g/mol. The Morgan fingerprint density at radius 1 is 1.32 bits per heavy atom. The van der Waals surface area contributed by atoms with E-state index < -0.39 is 0 Å². The van der Waals surface area contributed by atoms with Crippen molar-refractivity contribution in [2.45, 2.75) is 25.4 Å². The highest BCUT2D eigenvalue weighted by molar-refractivity contribution is 5.61. The van der Waals surface area contributed by atoms with Gasteiger partial charge in [-0.2, -0.15) is 5.26 Å². The van der Waals surface area contributed by atoms with Crippen molar-refractivity contribution >= 4 is 5.95 Å². The molecule has 3 aromatic rings. The van der Waals surface area contributed by atoms with Crippen LogP contribution in [0.15, 0.2) is 53.7 Å². The van der Waals surface area contributed by atoms with Crippen molar-refractivity contribution in [2.75, 3.05) is 18.0 Å². The molecule has 0 bridgehead atoms. The molecule has 3 heterocycles. The summed E-state index contributed by atoms with van der Waals surface area (Å²) < 4.78 is 1.66. The number of aromatic nitrogens is 3. The molecule has 1 saturated heterocycles. The van der Waals surface area contributed by atoms with Gasteiger partial charge in [-0.1, -0.05) is 18.2 Å². The molecule has 1 aliphatic rings. The molecule has 4 rings (SSSR count). The van der Waals surface area contributed by atoms with Crippen molar-refractivity contribution in [3.05, 3.63) is 70.4 Å². The maximum atomic E-state index is 13.4. The number of piperidine rings is 1. The lowest BCUT2D eigenvalue weighted by Crippen LogP contribution is -2.45. The molecule has 3 N–H and O–H groups in total. The van der Waals surface area contributed by atoms with Gasteiger partial charge in [0.1, 0.15) is 0 Å². The highest BCUT2D eigenvalue weighted by atomic mass is 16.1. The highest BCUT2D eigenvalue weighted by Gasteiger charge is 2.23. The average Bonchev–Trinajstić information content (AvgIpc) is 3.24. The molecule has 1 fully saturated rings. The summed E-state index contributed by atoms with van der Waals surface area (Å²) in [5.41, 5.74) is 8.70. The van der Waals surface area contributed by atoms with E-state index in [1.807, 2.05) is 24.3 Å². The summed E-state index contributed by atoms with van der Waals surface area (Å²) in [7, 11) is 0. The van der Waals surface area contributed by atoms with Crippen LogP contribution in [0.1, 0.15) is 24.0 Å². The van der Waals surface area contributed by atoms with Crippen molar-refractivity contribution in [1.29, 1.82) is 5.26 Å². The zero-order valence-corrected chi connectivity index (χ0v) is 15.5. The van der Waals surface area contributed by atoms with E-state index in [0.29, 0.717) is 23.6 Å². The van der Waals surface area contributed by atoms with Crippen LogP contribution in [0.5, 0.6) is 0 Å². The van der Waals surface area contributed by atoms with E-state index in [2.05, 4.69) is 20.9 Å². The van der Waals surface area contributed by atoms with Crippen LogP contribution >= 0.6 is 0 Å². The molecule has 7 nitrogen and oxygen atoms in total. The van der Waals surface area contributed by atoms with Crippen molar-refractivity contribution in [3.63, 3.8) is 0 Å². The predicted octanol–water partition coefficient (Wildman–Crippen LogP) is 2.09. The number of rotatable bonds is 4. The predicted molar refractivity (Wildman–Crippen MR) is 108 cm³/mol. The molecule has 142 valence electrons. The van der Waals surface area contributed by atoms with E-state index in [1.54, 1.807) is 29.2 Å². The summed E-state index contributed by atoms with van der Waals surface area (Å²) in [6.07, 6.45) is 7.13. The third-order valence-electron chi connectivity index (χ3n) is 5.14. The number of anilines is 1. The zero-order valence-electron chi connectivity index (χ0n) is 15.5. The molecule has 28 heavy (non-hydrogen) atoms. The van der Waals surface area contributed by atoms with Crippen LogP contribution in [0.2, 0.25) is 0 Å². The number of nitriles is 1. The van der Waals surface area contributed by atoms with Gasteiger partial charge in [0, 0.05) is 43.3 Å². The van der Waals surface area contributed by atoms with Gasteiger partial charge in [0.25, 0.3) is 5.56 Å². The summed E-state index contributed by atoms with van der Waals surface area (Å²) in [6.45, 7) is 1.76. The van der Waals surface area contributed by atoms with E-state index in [1.165, 1.54) is 0 Å².